The molecule has 2 heteroatoms. The molecular weight excluding hydrogens is 222 g/mol. The largest absolute Gasteiger partial charge is 0.384 e. The minimum Gasteiger partial charge on any atom is -0.384 e. The van der Waals surface area contributed by atoms with E-state index >= 15 is 0 Å². The van der Waals surface area contributed by atoms with Crippen molar-refractivity contribution in [3.8, 4) is 0 Å². The van der Waals surface area contributed by atoms with Crippen molar-refractivity contribution < 1.29 is 5.11 Å². The smallest absolute Gasteiger partial charge is 0.105 e. The minimum absolute atomic E-state index is 0.112. The Morgan fingerprint density at radius 1 is 1.06 bits per heavy atom. The molecule has 2 aliphatic rings. The third kappa shape index (κ3) is 1.98. The second kappa shape index (κ2) is 4.67. The average Bonchev–Trinajstić information content (AvgIpc) is 2.41. The van der Waals surface area contributed by atoms with Gasteiger partial charge in [-0.15, -0.1) is 0 Å². The fourth-order valence-electron chi connectivity index (χ4n) is 3.99. The summed E-state index contributed by atoms with van der Waals surface area (Å²) in [5.41, 5.74) is 6.50. The van der Waals surface area contributed by atoms with E-state index in [1.54, 1.807) is 0 Å². The zero-order valence-corrected chi connectivity index (χ0v) is 10.9. The molecule has 18 heavy (non-hydrogen) atoms. The van der Waals surface area contributed by atoms with Gasteiger partial charge in [0, 0.05) is 6.04 Å². The van der Waals surface area contributed by atoms with Crippen LogP contribution in [0.15, 0.2) is 30.3 Å². The second-order valence-electron chi connectivity index (χ2n) is 6.14. The van der Waals surface area contributed by atoms with Crippen molar-refractivity contribution in [1.29, 1.82) is 0 Å². The molecule has 2 nitrogen and oxygen atoms in total. The van der Waals surface area contributed by atoms with Gasteiger partial charge in [0.2, 0.25) is 0 Å². The maximum atomic E-state index is 11.0. The number of rotatable bonds is 1. The van der Waals surface area contributed by atoms with Crippen LogP contribution in [-0.2, 0) is 5.60 Å². The molecule has 0 saturated heterocycles. The van der Waals surface area contributed by atoms with Gasteiger partial charge in [-0.05, 0) is 30.2 Å². The molecule has 1 aromatic carbocycles. The summed E-state index contributed by atoms with van der Waals surface area (Å²) in [5.74, 6) is 1.42. The quantitative estimate of drug-likeness (QED) is 0.799. The van der Waals surface area contributed by atoms with Crippen molar-refractivity contribution in [2.24, 2.45) is 17.6 Å². The molecule has 3 rings (SSSR count). The van der Waals surface area contributed by atoms with Crippen molar-refractivity contribution in [3.05, 3.63) is 35.9 Å². The van der Waals surface area contributed by atoms with E-state index in [2.05, 4.69) is 0 Å². The first kappa shape index (κ1) is 12.2. The Kier molecular flexibility index (Phi) is 3.16. The summed E-state index contributed by atoms with van der Waals surface area (Å²) in [6.07, 6.45) is 7.08. The molecule has 0 aromatic heterocycles. The van der Waals surface area contributed by atoms with Crippen molar-refractivity contribution in [1.82, 2.24) is 0 Å². The summed E-state index contributed by atoms with van der Waals surface area (Å²) in [5, 5.41) is 11.0. The third-order valence-electron chi connectivity index (χ3n) is 5.08. The summed E-state index contributed by atoms with van der Waals surface area (Å²) in [4.78, 5) is 0. The van der Waals surface area contributed by atoms with E-state index in [1.807, 2.05) is 30.3 Å². The molecular formula is C16H23NO. The van der Waals surface area contributed by atoms with Crippen molar-refractivity contribution in [2.75, 3.05) is 0 Å². The number of hydrogen-bond donors (Lipinski definition) is 2. The highest BCUT2D eigenvalue weighted by Crippen LogP contribution is 2.47. The fraction of sp³-hybridized carbons (Fsp3) is 0.625. The molecule has 0 heterocycles. The van der Waals surface area contributed by atoms with Crippen LogP contribution in [-0.4, -0.2) is 11.1 Å². The lowest BCUT2D eigenvalue weighted by Gasteiger charge is -2.47. The average molecular weight is 245 g/mol. The Balaban J connectivity index is 1.87. The highest BCUT2D eigenvalue weighted by molar-refractivity contribution is 5.25. The first-order valence-electron chi connectivity index (χ1n) is 7.23. The zero-order chi connectivity index (χ0) is 12.6. The predicted molar refractivity (Wildman–Crippen MR) is 73.0 cm³/mol. The van der Waals surface area contributed by atoms with Crippen LogP contribution in [0.2, 0.25) is 0 Å². The first-order chi connectivity index (χ1) is 8.70. The Labute approximate surface area is 109 Å². The topological polar surface area (TPSA) is 46.2 Å². The molecule has 0 unspecified atom stereocenters. The van der Waals surface area contributed by atoms with Gasteiger partial charge in [0.15, 0.2) is 0 Å². The number of benzene rings is 1. The summed E-state index contributed by atoms with van der Waals surface area (Å²) in [6, 6.07) is 9.90. The Bertz CT molecular complexity index is 405. The number of fused-ring (bicyclic) bond motifs is 1. The molecule has 0 bridgehead atoms. The predicted octanol–water partition coefficient (Wildman–Crippen LogP) is 2.80. The number of nitrogens with two attached hydrogens (primary N) is 1. The first-order valence-corrected chi connectivity index (χ1v) is 7.23. The molecule has 0 spiro atoms. The lowest BCUT2D eigenvalue weighted by Crippen LogP contribution is -2.53. The van der Waals surface area contributed by atoms with Gasteiger partial charge >= 0.3 is 0 Å². The summed E-state index contributed by atoms with van der Waals surface area (Å²) >= 11 is 0. The summed E-state index contributed by atoms with van der Waals surface area (Å²) in [6.45, 7) is 0. The van der Waals surface area contributed by atoms with Crippen LogP contribution in [0.3, 0.4) is 0 Å². The Morgan fingerprint density at radius 2 is 1.72 bits per heavy atom. The van der Waals surface area contributed by atoms with Crippen LogP contribution in [0.4, 0.5) is 0 Å². The molecule has 98 valence electrons. The monoisotopic (exact) mass is 245 g/mol. The van der Waals surface area contributed by atoms with E-state index in [0.29, 0.717) is 5.92 Å². The van der Waals surface area contributed by atoms with Gasteiger partial charge in [0.25, 0.3) is 0 Å². The highest BCUT2D eigenvalue weighted by atomic mass is 16.3. The molecule has 0 amide bonds. The molecule has 2 saturated carbocycles. The Morgan fingerprint density at radius 3 is 2.44 bits per heavy atom. The maximum absolute atomic E-state index is 11.0. The Hall–Kier alpha value is -0.860. The summed E-state index contributed by atoms with van der Waals surface area (Å²) in [7, 11) is 0. The van der Waals surface area contributed by atoms with Crippen LogP contribution in [0.5, 0.6) is 0 Å². The number of hydrogen-bond acceptors (Lipinski definition) is 2. The van der Waals surface area contributed by atoms with E-state index in [-0.39, 0.29) is 6.04 Å². The van der Waals surface area contributed by atoms with Gasteiger partial charge in [-0.25, -0.2) is 0 Å². The van der Waals surface area contributed by atoms with Crippen LogP contribution in [0, 0.1) is 11.8 Å². The second-order valence-corrected chi connectivity index (χ2v) is 6.14. The van der Waals surface area contributed by atoms with Crippen LogP contribution in [0.1, 0.15) is 44.1 Å². The molecule has 4 atom stereocenters. The van der Waals surface area contributed by atoms with Crippen LogP contribution in [0.25, 0.3) is 0 Å². The van der Waals surface area contributed by atoms with Gasteiger partial charge in [-0.1, -0.05) is 56.0 Å². The molecule has 0 radical (unpaired) electrons. The maximum Gasteiger partial charge on any atom is 0.105 e. The van der Waals surface area contributed by atoms with Crippen LogP contribution < -0.4 is 5.73 Å². The number of aliphatic hydroxyl groups is 1. The molecule has 0 aliphatic heterocycles. The van der Waals surface area contributed by atoms with Gasteiger partial charge < -0.3 is 10.8 Å². The van der Waals surface area contributed by atoms with Crippen molar-refractivity contribution >= 4 is 0 Å². The molecule has 1 aromatic rings. The SMILES string of the molecule is N[C@H]1C[C@H]2CCCC[C@@H]2C[C@@]1(O)c1ccccc1. The van der Waals surface area contributed by atoms with E-state index in [9.17, 15) is 5.11 Å². The lowest BCUT2D eigenvalue weighted by atomic mass is 9.62. The zero-order valence-electron chi connectivity index (χ0n) is 10.9. The van der Waals surface area contributed by atoms with E-state index in [0.717, 1.165) is 24.3 Å². The van der Waals surface area contributed by atoms with Gasteiger partial charge in [-0.2, -0.15) is 0 Å². The molecule has 3 N–H and O–H groups in total. The van der Waals surface area contributed by atoms with E-state index in [4.69, 9.17) is 5.73 Å². The standard InChI is InChI=1S/C16H23NO/c17-15-10-12-6-4-5-7-13(12)11-16(15,18)14-8-2-1-3-9-14/h1-3,8-9,12-13,15,18H,4-7,10-11,17H2/t12-,13-,15+,16-/m1/s1. The minimum atomic E-state index is -0.806. The van der Waals surface area contributed by atoms with Crippen LogP contribution >= 0.6 is 0 Å². The fourth-order valence-corrected chi connectivity index (χ4v) is 3.99. The summed E-state index contributed by atoms with van der Waals surface area (Å²) < 4.78 is 0. The van der Waals surface area contributed by atoms with Crippen molar-refractivity contribution in [2.45, 2.75) is 50.2 Å². The van der Waals surface area contributed by atoms with Gasteiger partial charge in [0.1, 0.15) is 5.60 Å². The van der Waals surface area contributed by atoms with Crippen molar-refractivity contribution in [3.63, 3.8) is 0 Å². The molecule has 2 aliphatic carbocycles. The lowest BCUT2D eigenvalue weighted by molar-refractivity contribution is -0.0666. The van der Waals surface area contributed by atoms with Gasteiger partial charge in [-0.3, -0.25) is 0 Å². The normalized spacial score (nSPS) is 40.2. The highest BCUT2D eigenvalue weighted by Gasteiger charge is 2.46. The van der Waals surface area contributed by atoms with Gasteiger partial charge in [0.05, 0.1) is 0 Å². The van der Waals surface area contributed by atoms with E-state index in [1.165, 1.54) is 25.7 Å². The third-order valence-corrected chi connectivity index (χ3v) is 5.08. The molecule has 2 fully saturated rings. The van der Waals surface area contributed by atoms with E-state index < -0.39 is 5.60 Å².